The van der Waals surface area contributed by atoms with Gasteiger partial charge in [-0.15, -0.1) is 10.2 Å². The number of carbonyl (C=O) groups is 1. The minimum Gasteiger partial charge on any atom is -0.443 e. The van der Waals surface area contributed by atoms with Crippen molar-refractivity contribution in [1.29, 1.82) is 0 Å². The molecule has 0 radical (unpaired) electrons. The Balaban J connectivity index is 1.72. The maximum absolute atomic E-state index is 12.7. The largest absolute Gasteiger partial charge is 0.443 e. The summed E-state index contributed by atoms with van der Waals surface area (Å²) < 4.78 is 11.1. The van der Waals surface area contributed by atoms with Crippen LogP contribution in [0.25, 0.3) is 0 Å². The van der Waals surface area contributed by atoms with E-state index in [1.807, 2.05) is 39.0 Å². The summed E-state index contributed by atoms with van der Waals surface area (Å²) in [6.45, 7) is 9.86. The molecular formula is C20H28N4O3. The monoisotopic (exact) mass is 372 g/mol. The molecule has 1 aliphatic heterocycles. The molecule has 0 saturated heterocycles. The molecule has 1 aromatic heterocycles. The SMILES string of the molecule is Cc1nnc(CCCN2CCCN(C(=O)OC(C)(C)C)c3ccccc32)o1. The third-order valence-corrected chi connectivity index (χ3v) is 4.32. The highest BCUT2D eigenvalue weighted by Crippen LogP contribution is 2.33. The average molecular weight is 372 g/mol. The first kappa shape index (κ1) is 19.2. The quantitative estimate of drug-likeness (QED) is 0.809. The van der Waals surface area contributed by atoms with Gasteiger partial charge in [-0.2, -0.15) is 0 Å². The maximum atomic E-state index is 12.7. The van der Waals surface area contributed by atoms with Crippen LogP contribution in [0, 0.1) is 6.92 Å². The van der Waals surface area contributed by atoms with Crippen molar-refractivity contribution in [2.45, 2.75) is 52.6 Å². The van der Waals surface area contributed by atoms with Gasteiger partial charge in [0.25, 0.3) is 0 Å². The molecule has 0 atom stereocenters. The van der Waals surface area contributed by atoms with E-state index in [-0.39, 0.29) is 6.09 Å². The molecule has 0 saturated carbocycles. The molecule has 1 aromatic carbocycles. The lowest BCUT2D eigenvalue weighted by molar-refractivity contribution is 0.0581. The first-order valence-electron chi connectivity index (χ1n) is 9.47. The van der Waals surface area contributed by atoms with Crippen LogP contribution in [0.5, 0.6) is 0 Å². The third-order valence-electron chi connectivity index (χ3n) is 4.32. The van der Waals surface area contributed by atoms with Gasteiger partial charge in [-0.05, 0) is 45.7 Å². The number of aryl methyl sites for hydroxylation is 2. The van der Waals surface area contributed by atoms with Crippen molar-refractivity contribution in [3.05, 3.63) is 36.0 Å². The highest BCUT2D eigenvalue weighted by molar-refractivity contribution is 5.93. The molecule has 27 heavy (non-hydrogen) atoms. The molecule has 3 rings (SSSR count). The highest BCUT2D eigenvalue weighted by Gasteiger charge is 2.28. The van der Waals surface area contributed by atoms with Crippen molar-refractivity contribution in [2.24, 2.45) is 0 Å². The van der Waals surface area contributed by atoms with Crippen LogP contribution in [-0.2, 0) is 11.2 Å². The summed E-state index contributed by atoms with van der Waals surface area (Å²) in [6.07, 6.45) is 2.24. The molecule has 0 bridgehead atoms. The van der Waals surface area contributed by atoms with Gasteiger partial charge in [-0.3, -0.25) is 4.90 Å². The van der Waals surface area contributed by atoms with E-state index in [2.05, 4.69) is 21.2 Å². The zero-order chi connectivity index (χ0) is 19.4. The highest BCUT2D eigenvalue weighted by atomic mass is 16.6. The number of anilines is 2. The minimum absolute atomic E-state index is 0.293. The van der Waals surface area contributed by atoms with Crippen LogP contribution in [0.3, 0.4) is 0 Å². The number of ether oxygens (including phenoxy) is 1. The summed E-state index contributed by atoms with van der Waals surface area (Å²) in [4.78, 5) is 16.8. The smallest absolute Gasteiger partial charge is 0.414 e. The fraction of sp³-hybridized carbons (Fsp3) is 0.550. The first-order valence-corrected chi connectivity index (χ1v) is 9.47. The van der Waals surface area contributed by atoms with E-state index in [1.165, 1.54) is 0 Å². The predicted octanol–water partition coefficient (Wildman–Crippen LogP) is 3.96. The summed E-state index contributed by atoms with van der Waals surface area (Å²) in [7, 11) is 0. The Morgan fingerprint density at radius 3 is 2.59 bits per heavy atom. The molecule has 7 heteroatoms. The van der Waals surface area contributed by atoms with Crippen molar-refractivity contribution in [2.75, 3.05) is 29.4 Å². The summed E-state index contributed by atoms with van der Waals surface area (Å²) in [5.74, 6) is 1.27. The molecule has 7 nitrogen and oxygen atoms in total. The summed E-state index contributed by atoms with van der Waals surface area (Å²) in [5, 5.41) is 7.93. The second kappa shape index (κ2) is 7.98. The number of rotatable bonds is 4. The van der Waals surface area contributed by atoms with Gasteiger partial charge < -0.3 is 14.1 Å². The standard InChI is InChI=1S/C20H28N4O3/c1-15-21-22-18(26-15)11-7-12-23-13-8-14-24(19(25)27-20(2,3)4)17-10-6-5-9-16(17)23/h5-6,9-10H,7-8,11-14H2,1-4H3. The number of nitrogens with zero attached hydrogens (tertiary/aromatic N) is 4. The number of hydrogen-bond donors (Lipinski definition) is 0. The molecule has 146 valence electrons. The summed E-state index contributed by atoms with van der Waals surface area (Å²) in [6, 6.07) is 8.01. The van der Waals surface area contributed by atoms with Gasteiger partial charge >= 0.3 is 6.09 Å². The van der Waals surface area contributed by atoms with E-state index < -0.39 is 5.60 Å². The molecule has 2 heterocycles. The van der Waals surface area contributed by atoms with E-state index in [9.17, 15) is 4.79 Å². The maximum Gasteiger partial charge on any atom is 0.414 e. The van der Waals surface area contributed by atoms with Crippen molar-refractivity contribution in [3.63, 3.8) is 0 Å². The third kappa shape index (κ3) is 4.99. The van der Waals surface area contributed by atoms with Crippen LogP contribution in [0.4, 0.5) is 16.2 Å². The molecule has 0 unspecified atom stereocenters. The molecule has 0 fully saturated rings. The van der Waals surface area contributed by atoms with Crippen molar-refractivity contribution in [1.82, 2.24) is 10.2 Å². The van der Waals surface area contributed by atoms with Gasteiger partial charge in [0.05, 0.1) is 11.4 Å². The zero-order valence-electron chi connectivity index (χ0n) is 16.6. The molecule has 0 spiro atoms. The van der Waals surface area contributed by atoms with Crippen molar-refractivity contribution in [3.8, 4) is 0 Å². The number of fused-ring (bicyclic) bond motifs is 1. The Bertz CT molecular complexity index is 782. The number of para-hydroxylation sites is 2. The Hall–Kier alpha value is -2.57. The summed E-state index contributed by atoms with van der Waals surface area (Å²) >= 11 is 0. The van der Waals surface area contributed by atoms with E-state index in [0.717, 1.165) is 43.7 Å². The van der Waals surface area contributed by atoms with Crippen LogP contribution in [0.1, 0.15) is 45.4 Å². The number of aromatic nitrogens is 2. The number of hydrogen-bond acceptors (Lipinski definition) is 6. The fourth-order valence-corrected chi connectivity index (χ4v) is 3.22. The van der Waals surface area contributed by atoms with Gasteiger partial charge in [0.15, 0.2) is 0 Å². The lowest BCUT2D eigenvalue weighted by atomic mass is 10.2. The molecule has 1 amide bonds. The molecular weight excluding hydrogens is 344 g/mol. The Morgan fingerprint density at radius 1 is 1.19 bits per heavy atom. The average Bonchev–Trinajstić information content (AvgIpc) is 2.91. The predicted molar refractivity (Wildman–Crippen MR) is 104 cm³/mol. The van der Waals surface area contributed by atoms with Crippen LogP contribution < -0.4 is 9.80 Å². The van der Waals surface area contributed by atoms with E-state index in [0.29, 0.717) is 18.3 Å². The van der Waals surface area contributed by atoms with Gasteiger partial charge in [-0.25, -0.2) is 4.79 Å². The van der Waals surface area contributed by atoms with Crippen molar-refractivity contribution >= 4 is 17.5 Å². The molecule has 2 aromatic rings. The fourth-order valence-electron chi connectivity index (χ4n) is 3.22. The Labute approximate surface area is 160 Å². The first-order chi connectivity index (χ1) is 12.8. The molecule has 0 N–H and O–H groups in total. The van der Waals surface area contributed by atoms with Gasteiger partial charge in [0.1, 0.15) is 5.60 Å². The number of amides is 1. The minimum atomic E-state index is -0.514. The van der Waals surface area contributed by atoms with E-state index >= 15 is 0 Å². The van der Waals surface area contributed by atoms with Gasteiger partial charge in [0, 0.05) is 33.0 Å². The Morgan fingerprint density at radius 2 is 1.93 bits per heavy atom. The summed E-state index contributed by atoms with van der Waals surface area (Å²) in [5.41, 5.74) is 1.45. The normalized spacial score (nSPS) is 14.7. The van der Waals surface area contributed by atoms with Gasteiger partial charge in [0.2, 0.25) is 11.8 Å². The van der Waals surface area contributed by atoms with Crippen LogP contribution in [-0.4, -0.2) is 41.5 Å². The second-order valence-corrected chi connectivity index (χ2v) is 7.78. The molecule has 1 aliphatic rings. The Kier molecular flexibility index (Phi) is 5.68. The topological polar surface area (TPSA) is 71.7 Å². The van der Waals surface area contributed by atoms with E-state index in [1.54, 1.807) is 11.8 Å². The van der Waals surface area contributed by atoms with Crippen LogP contribution >= 0.6 is 0 Å². The second-order valence-electron chi connectivity index (χ2n) is 7.78. The zero-order valence-corrected chi connectivity index (χ0v) is 16.6. The van der Waals surface area contributed by atoms with Crippen molar-refractivity contribution < 1.29 is 13.9 Å². The lowest BCUT2D eigenvalue weighted by Crippen LogP contribution is -2.37. The van der Waals surface area contributed by atoms with E-state index in [4.69, 9.17) is 9.15 Å². The lowest BCUT2D eigenvalue weighted by Gasteiger charge is -2.28. The number of benzene rings is 1. The number of carbonyl (C=O) groups excluding carboxylic acids is 1. The molecule has 0 aliphatic carbocycles. The van der Waals surface area contributed by atoms with Gasteiger partial charge in [-0.1, -0.05) is 12.1 Å². The van der Waals surface area contributed by atoms with Crippen LogP contribution in [0.2, 0.25) is 0 Å². The van der Waals surface area contributed by atoms with Crippen LogP contribution in [0.15, 0.2) is 28.7 Å².